The highest BCUT2D eigenvalue weighted by molar-refractivity contribution is 5.82. The molecular formula is C11H21N3O2. The van der Waals surface area contributed by atoms with Gasteiger partial charge in [-0.25, -0.2) is 0 Å². The van der Waals surface area contributed by atoms with Crippen molar-refractivity contribution in [2.24, 2.45) is 0 Å². The zero-order valence-electron chi connectivity index (χ0n) is 10.3. The van der Waals surface area contributed by atoms with Gasteiger partial charge in [-0.1, -0.05) is 0 Å². The lowest BCUT2D eigenvalue weighted by molar-refractivity contribution is -0.136. The Labute approximate surface area is 96.8 Å². The van der Waals surface area contributed by atoms with Crippen molar-refractivity contribution in [1.82, 2.24) is 15.1 Å². The maximum atomic E-state index is 11.7. The van der Waals surface area contributed by atoms with Crippen LogP contribution in [0.25, 0.3) is 0 Å². The van der Waals surface area contributed by atoms with Gasteiger partial charge < -0.3 is 15.1 Å². The van der Waals surface area contributed by atoms with Gasteiger partial charge in [0, 0.05) is 40.2 Å². The predicted octanol–water partition coefficient (Wildman–Crippen LogP) is -0.325. The third-order valence-corrected chi connectivity index (χ3v) is 2.83. The van der Waals surface area contributed by atoms with E-state index in [9.17, 15) is 9.59 Å². The minimum absolute atomic E-state index is 0.0849. The second kappa shape index (κ2) is 5.84. The average Bonchev–Trinajstić information content (AvgIpc) is 2.24. The van der Waals surface area contributed by atoms with Crippen LogP contribution in [0.2, 0.25) is 0 Å². The molecule has 1 atom stereocenters. The van der Waals surface area contributed by atoms with Crippen molar-refractivity contribution in [2.45, 2.75) is 25.8 Å². The van der Waals surface area contributed by atoms with Crippen LogP contribution >= 0.6 is 0 Å². The number of nitrogens with zero attached hydrogens (tertiary/aromatic N) is 2. The van der Waals surface area contributed by atoms with E-state index in [0.717, 1.165) is 19.5 Å². The van der Waals surface area contributed by atoms with Gasteiger partial charge in [-0.05, 0) is 13.3 Å². The number of amides is 2. The lowest BCUT2D eigenvalue weighted by atomic mass is 10.2. The highest BCUT2D eigenvalue weighted by Gasteiger charge is 2.23. The van der Waals surface area contributed by atoms with Crippen LogP contribution in [0.3, 0.4) is 0 Å². The van der Waals surface area contributed by atoms with Crippen LogP contribution in [-0.4, -0.2) is 61.4 Å². The molecule has 0 bridgehead atoms. The molecule has 1 aliphatic heterocycles. The molecule has 2 amide bonds. The fourth-order valence-corrected chi connectivity index (χ4v) is 1.75. The van der Waals surface area contributed by atoms with Crippen molar-refractivity contribution >= 4 is 11.8 Å². The van der Waals surface area contributed by atoms with E-state index < -0.39 is 0 Å². The van der Waals surface area contributed by atoms with E-state index in [1.54, 1.807) is 19.0 Å². The molecule has 1 unspecified atom stereocenters. The molecule has 1 fully saturated rings. The summed E-state index contributed by atoms with van der Waals surface area (Å²) in [5.41, 5.74) is 0. The van der Waals surface area contributed by atoms with Crippen LogP contribution < -0.4 is 5.32 Å². The molecule has 1 N–H and O–H groups in total. The van der Waals surface area contributed by atoms with Crippen molar-refractivity contribution in [3.63, 3.8) is 0 Å². The van der Waals surface area contributed by atoms with Crippen LogP contribution in [0.4, 0.5) is 0 Å². The molecule has 0 spiro atoms. The summed E-state index contributed by atoms with van der Waals surface area (Å²) in [6.45, 7) is 4.15. The van der Waals surface area contributed by atoms with E-state index in [1.165, 1.54) is 0 Å². The lowest BCUT2D eigenvalue weighted by Gasteiger charge is -2.31. The van der Waals surface area contributed by atoms with Crippen LogP contribution in [0.1, 0.15) is 19.8 Å². The van der Waals surface area contributed by atoms with Gasteiger partial charge in [0.25, 0.3) is 0 Å². The molecule has 5 nitrogen and oxygen atoms in total. The summed E-state index contributed by atoms with van der Waals surface area (Å²) in [6.07, 6.45) is 1.26. The molecule has 1 aliphatic rings. The molecule has 16 heavy (non-hydrogen) atoms. The highest BCUT2D eigenvalue weighted by Crippen LogP contribution is 2.04. The minimum Gasteiger partial charge on any atom is -0.349 e. The van der Waals surface area contributed by atoms with Crippen LogP contribution in [0, 0.1) is 0 Å². The summed E-state index contributed by atoms with van der Waals surface area (Å²) in [5.74, 6) is 0.263. The van der Waals surface area contributed by atoms with Gasteiger partial charge in [0.2, 0.25) is 11.8 Å². The first-order valence-electron chi connectivity index (χ1n) is 5.74. The van der Waals surface area contributed by atoms with Crippen molar-refractivity contribution in [3.05, 3.63) is 0 Å². The summed E-state index contributed by atoms with van der Waals surface area (Å²) in [4.78, 5) is 26.5. The Bertz CT molecular complexity index is 266. The van der Waals surface area contributed by atoms with E-state index in [2.05, 4.69) is 5.32 Å². The van der Waals surface area contributed by atoms with Crippen LogP contribution in [-0.2, 0) is 9.59 Å². The van der Waals surface area contributed by atoms with E-state index in [1.807, 2.05) is 11.8 Å². The first-order chi connectivity index (χ1) is 7.52. The maximum absolute atomic E-state index is 11.7. The predicted molar refractivity (Wildman–Crippen MR) is 62.0 cm³/mol. The van der Waals surface area contributed by atoms with Gasteiger partial charge >= 0.3 is 0 Å². The van der Waals surface area contributed by atoms with Gasteiger partial charge in [0.1, 0.15) is 0 Å². The van der Waals surface area contributed by atoms with E-state index in [4.69, 9.17) is 0 Å². The number of rotatable bonds is 4. The molecule has 1 saturated heterocycles. The molecule has 1 rings (SSSR count). The monoisotopic (exact) mass is 227 g/mol. The van der Waals surface area contributed by atoms with Crippen molar-refractivity contribution in [3.8, 4) is 0 Å². The summed E-state index contributed by atoms with van der Waals surface area (Å²) in [6, 6.07) is -0.0849. The number of hydrogen-bond donors (Lipinski definition) is 1. The third kappa shape index (κ3) is 3.48. The number of carbonyl (C=O) groups excluding carboxylic acids is 2. The average molecular weight is 227 g/mol. The van der Waals surface area contributed by atoms with Crippen molar-refractivity contribution < 1.29 is 9.59 Å². The Kier molecular flexibility index (Phi) is 4.73. The van der Waals surface area contributed by atoms with Crippen molar-refractivity contribution in [1.29, 1.82) is 0 Å². The highest BCUT2D eigenvalue weighted by atomic mass is 16.2. The van der Waals surface area contributed by atoms with Gasteiger partial charge in [-0.15, -0.1) is 0 Å². The molecule has 0 radical (unpaired) electrons. The second-order valence-electron chi connectivity index (χ2n) is 4.39. The Balaban J connectivity index is 2.27. The van der Waals surface area contributed by atoms with E-state index in [0.29, 0.717) is 13.0 Å². The quantitative estimate of drug-likeness (QED) is 0.716. The minimum atomic E-state index is -0.0849. The number of hydrogen-bond acceptors (Lipinski definition) is 3. The van der Waals surface area contributed by atoms with Gasteiger partial charge in [0.15, 0.2) is 0 Å². The standard InChI is InChI=1S/C11H21N3O2/c1-9-11(16)14(8-6-12-9)7-4-5-10(15)13(2)3/h9,12H,4-8H2,1-3H3. The SMILES string of the molecule is CC1NCCN(CCCC(=O)N(C)C)C1=O. The largest absolute Gasteiger partial charge is 0.349 e. The Morgan fingerprint density at radius 2 is 2.25 bits per heavy atom. The lowest BCUT2D eigenvalue weighted by Crippen LogP contribution is -2.53. The zero-order valence-corrected chi connectivity index (χ0v) is 10.3. The normalized spacial score (nSPS) is 21.1. The van der Waals surface area contributed by atoms with Gasteiger partial charge in [-0.2, -0.15) is 0 Å². The summed E-state index contributed by atoms with van der Waals surface area (Å²) >= 11 is 0. The zero-order chi connectivity index (χ0) is 12.1. The summed E-state index contributed by atoms with van der Waals surface area (Å²) < 4.78 is 0. The van der Waals surface area contributed by atoms with E-state index >= 15 is 0 Å². The first kappa shape index (κ1) is 13.0. The summed E-state index contributed by atoms with van der Waals surface area (Å²) in [7, 11) is 3.50. The smallest absolute Gasteiger partial charge is 0.239 e. The molecule has 5 heteroatoms. The van der Waals surface area contributed by atoms with Gasteiger partial charge in [0.05, 0.1) is 6.04 Å². The topological polar surface area (TPSA) is 52.7 Å². The molecular weight excluding hydrogens is 206 g/mol. The van der Waals surface area contributed by atoms with Crippen molar-refractivity contribution in [2.75, 3.05) is 33.7 Å². The third-order valence-electron chi connectivity index (χ3n) is 2.83. The Morgan fingerprint density at radius 1 is 1.56 bits per heavy atom. The fraction of sp³-hybridized carbons (Fsp3) is 0.818. The van der Waals surface area contributed by atoms with Crippen LogP contribution in [0.15, 0.2) is 0 Å². The number of nitrogens with one attached hydrogen (secondary N) is 1. The molecule has 92 valence electrons. The molecule has 0 aromatic heterocycles. The second-order valence-corrected chi connectivity index (χ2v) is 4.39. The Hall–Kier alpha value is -1.10. The molecule has 0 aromatic carbocycles. The number of carbonyl (C=O) groups is 2. The maximum Gasteiger partial charge on any atom is 0.239 e. The molecule has 1 heterocycles. The molecule has 0 saturated carbocycles. The van der Waals surface area contributed by atoms with Crippen LogP contribution in [0.5, 0.6) is 0 Å². The van der Waals surface area contributed by atoms with E-state index in [-0.39, 0.29) is 17.9 Å². The molecule has 0 aliphatic carbocycles. The molecule has 0 aromatic rings. The van der Waals surface area contributed by atoms with Gasteiger partial charge in [-0.3, -0.25) is 9.59 Å². The Morgan fingerprint density at radius 3 is 2.88 bits per heavy atom. The summed E-state index contributed by atoms with van der Waals surface area (Å²) in [5, 5.41) is 3.11. The number of piperazine rings is 1. The fourth-order valence-electron chi connectivity index (χ4n) is 1.75. The first-order valence-corrected chi connectivity index (χ1v) is 5.74.